The summed E-state index contributed by atoms with van der Waals surface area (Å²) in [6.45, 7) is 2.30. The molecule has 0 heterocycles. The number of ether oxygens (including phenoxy) is 1. The van der Waals surface area contributed by atoms with Crippen molar-refractivity contribution in [1.29, 1.82) is 5.26 Å². The first-order chi connectivity index (χ1) is 10.2. The highest BCUT2D eigenvalue weighted by atomic mass is 16.5. The van der Waals surface area contributed by atoms with Gasteiger partial charge in [0.2, 0.25) is 0 Å². The van der Waals surface area contributed by atoms with Crippen LogP contribution < -0.4 is 4.74 Å². The molecule has 0 saturated heterocycles. The fraction of sp³-hybridized carbons (Fsp3) is 0.389. The molecule has 0 aliphatic heterocycles. The van der Waals surface area contributed by atoms with Crippen LogP contribution in [-0.4, -0.2) is 11.7 Å². The van der Waals surface area contributed by atoms with Crippen LogP contribution in [0.25, 0.3) is 10.8 Å². The summed E-state index contributed by atoms with van der Waals surface area (Å²) in [6, 6.07) is 14.2. The molecule has 0 unspecified atom stereocenters. The van der Waals surface area contributed by atoms with Crippen molar-refractivity contribution in [2.24, 2.45) is 5.41 Å². The average Bonchev–Trinajstić information content (AvgIpc) is 3.25. The molecule has 0 radical (unpaired) electrons. The Morgan fingerprint density at radius 2 is 2.05 bits per heavy atom. The van der Waals surface area contributed by atoms with Gasteiger partial charge in [0.1, 0.15) is 5.75 Å². The van der Waals surface area contributed by atoms with Gasteiger partial charge in [-0.3, -0.25) is 0 Å². The summed E-state index contributed by atoms with van der Waals surface area (Å²) in [5, 5.41) is 21.0. The van der Waals surface area contributed by atoms with E-state index in [1.807, 2.05) is 36.4 Å². The minimum absolute atomic E-state index is 0.0294. The Kier molecular flexibility index (Phi) is 3.57. The number of fused-ring (bicyclic) bond motifs is 1. The van der Waals surface area contributed by atoms with Crippen LogP contribution in [0.5, 0.6) is 5.75 Å². The van der Waals surface area contributed by atoms with Gasteiger partial charge in [-0.2, -0.15) is 5.26 Å². The molecule has 1 aliphatic rings. The molecular weight excluding hydrogens is 262 g/mol. The van der Waals surface area contributed by atoms with Crippen molar-refractivity contribution < 1.29 is 9.84 Å². The molecule has 0 aromatic heterocycles. The van der Waals surface area contributed by atoms with E-state index >= 15 is 0 Å². The molecule has 0 amide bonds. The maximum absolute atomic E-state index is 9.98. The van der Waals surface area contributed by atoms with Crippen LogP contribution in [0.4, 0.5) is 0 Å². The zero-order valence-electron chi connectivity index (χ0n) is 12.2. The highest BCUT2D eigenvalue weighted by molar-refractivity contribution is 5.89. The first-order valence-corrected chi connectivity index (χ1v) is 7.35. The van der Waals surface area contributed by atoms with Crippen LogP contribution in [0.2, 0.25) is 0 Å². The maximum Gasteiger partial charge on any atom is 0.132 e. The van der Waals surface area contributed by atoms with Gasteiger partial charge in [-0.15, -0.1) is 0 Å². The molecule has 1 atom stereocenters. The number of nitrogens with zero attached hydrogens (tertiary/aromatic N) is 1. The largest absolute Gasteiger partial charge is 0.492 e. The third-order valence-electron chi connectivity index (χ3n) is 4.29. The van der Waals surface area contributed by atoms with Gasteiger partial charge in [-0.1, -0.05) is 36.4 Å². The Hall–Kier alpha value is -2.05. The topological polar surface area (TPSA) is 53.2 Å². The molecular formula is C18H19NO2. The van der Waals surface area contributed by atoms with Crippen molar-refractivity contribution in [1.82, 2.24) is 0 Å². The van der Waals surface area contributed by atoms with Crippen molar-refractivity contribution in [3.63, 3.8) is 0 Å². The van der Waals surface area contributed by atoms with E-state index in [0.29, 0.717) is 13.0 Å². The van der Waals surface area contributed by atoms with E-state index in [2.05, 4.69) is 6.07 Å². The van der Waals surface area contributed by atoms with Crippen molar-refractivity contribution in [3.05, 3.63) is 42.0 Å². The van der Waals surface area contributed by atoms with Crippen LogP contribution in [0.3, 0.4) is 0 Å². The molecule has 1 aliphatic carbocycles. The molecule has 1 fully saturated rings. The van der Waals surface area contributed by atoms with E-state index in [0.717, 1.165) is 34.9 Å². The number of benzene rings is 2. The van der Waals surface area contributed by atoms with Crippen LogP contribution in [0.15, 0.2) is 36.4 Å². The minimum atomic E-state index is -0.573. The van der Waals surface area contributed by atoms with Crippen LogP contribution in [0.1, 0.15) is 37.9 Å². The SMILES string of the molecule is C[C@@H](O)c1ccc2ccccc2c1OCC1(CC#N)CC1. The molecule has 3 heteroatoms. The Morgan fingerprint density at radius 3 is 2.71 bits per heavy atom. The van der Waals surface area contributed by atoms with Crippen LogP contribution in [-0.2, 0) is 0 Å². The molecule has 21 heavy (non-hydrogen) atoms. The van der Waals surface area contributed by atoms with E-state index in [1.54, 1.807) is 6.92 Å². The van der Waals surface area contributed by atoms with Crippen molar-refractivity contribution in [2.45, 2.75) is 32.3 Å². The first-order valence-electron chi connectivity index (χ1n) is 7.35. The molecule has 0 bridgehead atoms. The number of rotatable bonds is 5. The molecule has 108 valence electrons. The number of hydrogen-bond acceptors (Lipinski definition) is 3. The lowest BCUT2D eigenvalue weighted by molar-refractivity contribution is 0.184. The second-order valence-corrected chi connectivity index (χ2v) is 6.00. The zero-order chi connectivity index (χ0) is 14.9. The number of aliphatic hydroxyl groups is 1. The van der Waals surface area contributed by atoms with Crippen LogP contribution >= 0.6 is 0 Å². The van der Waals surface area contributed by atoms with E-state index in [4.69, 9.17) is 10.00 Å². The fourth-order valence-corrected chi connectivity index (χ4v) is 2.69. The number of aliphatic hydroxyl groups excluding tert-OH is 1. The Balaban J connectivity index is 1.95. The Bertz CT molecular complexity index is 696. The lowest BCUT2D eigenvalue weighted by Gasteiger charge is -2.19. The third-order valence-corrected chi connectivity index (χ3v) is 4.29. The van der Waals surface area contributed by atoms with E-state index in [1.165, 1.54) is 0 Å². The van der Waals surface area contributed by atoms with Crippen molar-refractivity contribution in [2.75, 3.05) is 6.61 Å². The van der Waals surface area contributed by atoms with E-state index < -0.39 is 6.10 Å². The smallest absolute Gasteiger partial charge is 0.132 e. The molecule has 2 aromatic rings. The monoisotopic (exact) mass is 281 g/mol. The predicted octanol–water partition coefficient (Wildman–Crippen LogP) is 3.97. The molecule has 1 N–H and O–H groups in total. The first kappa shape index (κ1) is 13.9. The van der Waals surface area contributed by atoms with Gasteiger partial charge >= 0.3 is 0 Å². The third kappa shape index (κ3) is 2.72. The minimum Gasteiger partial charge on any atom is -0.492 e. The van der Waals surface area contributed by atoms with Gasteiger partial charge in [0.15, 0.2) is 0 Å². The van der Waals surface area contributed by atoms with Crippen LogP contribution in [0, 0.1) is 16.7 Å². The Labute approximate surface area is 124 Å². The number of nitriles is 1. The van der Waals surface area contributed by atoms with Gasteiger partial charge in [-0.05, 0) is 25.2 Å². The molecule has 1 saturated carbocycles. The maximum atomic E-state index is 9.98. The van der Waals surface area contributed by atoms with E-state index in [9.17, 15) is 5.11 Å². The molecule has 0 spiro atoms. The van der Waals surface area contributed by atoms with Gasteiger partial charge in [0, 0.05) is 22.8 Å². The van der Waals surface area contributed by atoms with Gasteiger partial charge in [-0.25, -0.2) is 0 Å². The normalized spacial score (nSPS) is 17.2. The fourth-order valence-electron chi connectivity index (χ4n) is 2.69. The quantitative estimate of drug-likeness (QED) is 0.902. The highest BCUT2D eigenvalue weighted by Crippen LogP contribution is 2.49. The molecule has 3 rings (SSSR count). The second kappa shape index (κ2) is 5.38. The second-order valence-electron chi connectivity index (χ2n) is 6.00. The van der Waals surface area contributed by atoms with Crippen molar-refractivity contribution >= 4 is 10.8 Å². The average molecular weight is 281 g/mol. The number of hydrogen-bond donors (Lipinski definition) is 1. The lowest BCUT2D eigenvalue weighted by atomic mass is 10.0. The summed E-state index contributed by atoms with van der Waals surface area (Å²) < 4.78 is 6.08. The summed E-state index contributed by atoms with van der Waals surface area (Å²) in [7, 11) is 0. The zero-order valence-corrected chi connectivity index (χ0v) is 12.2. The summed E-state index contributed by atoms with van der Waals surface area (Å²) in [6.07, 6.45) is 2.07. The standard InChI is InChI=1S/C18H19NO2/c1-13(20)15-7-6-14-4-2-3-5-16(14)17(15)21-12-18(8-9-18)10-11-19/h2-7,13,20H,8-10,12H2,1H3/t13-/m1/s1. The van der Waals surface area contributed by atoms with Gasteiger partial charge in [0.05, 0.1) is 18.8 Å². The summed E-state index contributed by atoms with van der Waals surface area (Å²) in [5.74, 6) is 0.757. The predicted molar refractivity (Wildman–Crippen MR) is 82.0 cm³/mol. The van der Waals surface area contributed by atoms with Gasteiger partial charge in [0.25, 0.3) is 0 Å². The summed E-state index contributed by atoms with van der Waals surface area (Å²) in [5.41, 5.74) is 0.836. The van der Waals surface area contributed by atoms with Crippen molar-refractivity contribution in [3.8, 4) is 11.8 Å². The highest BCUT2D eigenvalue weighted by Gasteiger charge is 2.43. The lowest BCUT2D eigenvalue weighted by Crippen LogP contribution is -2.14. The molecule has 3 nitrogen and oxygen atoms in total. The molecule has 2 aromatic carbocycles. The summed E-state index contributed by atoms with van der Waals surface area (Å²) >= 11 is 0. The Morgan fingerprint density at radius 1 is 1.29 bits per heavy atom. The van der Waals surface area contributed by atoms with Gasteiger partial charge < -0.3 is 9.84 Å². The summed E-state index contributed by atoms with van der Waals surface area (Å²) in [4.78, 5) is 0. The van der Waals surface area contributed by atoms with E-state index in [-0.39, 0.29) is 5.41 Å².